The molecule has 1 fully saturated rings. The Labute approximate surface area is 202 Å². The van der Waals surface area contributed by atoms with Gasteiger partial charge in [-0.1, -0.05) is 42.5 Å². The molecule has 34 heavy (non-hydrogen) atoms. The van der Waals surface area contributed by atoms with Crippen LogP contribution in [0.5, 0.6) is 0 Å². The number of anilines is 1. The molecule has 2 aliphatic heterocycles. The van der Waals surface area contributed by atoms with E-state index < -0.39 is 0 Å². The van der Waals surface area contributed by atoms with Crippen LogP contribution in [0.3, 0.4) is 0 Å². The number of benzene rings is 2. The van der Waals surface area contributed by atoms with Crippen molar-refractivity contribution in [2.45, 2.75) is 44.8 Å². The molecule has 1 aromatic heterocycles. The molecular formula is C28H35N5O. The van der Waals surface area contributed by atoms with Crippen molar-refractivity contribution in [1.82, 2.24) is 19.8 Å². The normalized spacial score (nSPS) is 19.1. The van der Waals surface area contributed by atoms with Crippen molar-refractivity contribution in [3.63, 3.8) is 0 Å². The number of aromatic nitrogens is 2. The predicted octanol–water partition coefficient (Wildman–Crippen LogP) is 3.88. The average Bonchev–Trinajstić information content (AvgIpc) is 3.32. The maximum absolute atomic E-state index is 13.7. The monoisotopic (exact) mass is 457 g/mol. The van der Waals surface area contributed by atoms with Crippen molar-refractivity contribution in [2.24, 2.45) is 5.92 Å². The van der Waals surface area contributed by atoms with Gasteiger partial charge in [-0.25, -0.2) is 4.98 Å². The molecule has 3 heterocycles. The first kappa shape index (κ1) is 22.7. The highest BCUT2D eigenvalue weighted by molar-refractivity contribution is 5.82. The van der Waals surface area contributed by atoms with Crippen LogP contribution in [0, 0.1) is 5.92 Å². The summed E-state index contributed by atoms with van der Waals surface area (Å²) in [6.45, 7) is 3.19. The van der Waals surface area contributed by atoms with Crippen LogP contribution in [0.2, 0.25) is 0 Å². The van der Waals surface area contributed by atoms with E-state index in [9.17, 15) is 4.79 Å². The molecule has 1 amide bonds. The first-order valence-corrected chi connectivity index (χ1v) is 12.4. The van der Waals surface area contributed by atoms with Crippen molar-refractivity contribution in [3.05, 3.63) is 83.4 Å². The van der Waals surface area contributed by atoms with Gasteiger partial charge in [-0.2, -0.15) is 0 Å². The Morgan fingerprint density at radius 2 is 1.76 bits per heavy atom. The van der Waals surface area contributed by atoms with Crippen molar-refractivity contribution >= 4 is 11.6 Å². The Morgan fingerprint density at radius 1 is 1.03 bits per heavy atom. The van der Waals surface area contributed by atoms with Crippen LogP contribution >= 0.6 is 0 Å². The molecule has 1 saturated heterocycles. The second-order valence-corrected chi connectivity index (χ2v) is 9.97. The number of fused-ring (bicyclic) bond motifs is 1. The van der Waals surface area contributed by atoms with E-state index in [-0.39, 0.29) is 11.9 Å². The molecule has 0 spiro atoms. The number of rotatable bonds is 6. The van der Waals surface area contributed by atoms with Crippen molar-refractivity contribution in [2.75, 3.05) is 32.1 Å². The number of imidazole rings is 1. The van der Waals surface area contributed by atoms with E-state index in [1.807, 2.05) is 0 Å². The molecule has 0 radical (unpaired) electrons. The minimum atomic E-state index is -0.157. The molecule has 0 bridgehead atoms. The molecule has 2 aliphatic rings. The van der Waals surface area contributed by atoms with Crippen LogP contribution in [0.4, 0.5) is 5.69 Å². The Morgan fingerprint density at radius 3 is 2.47 bits per heavy atom. The number of nitrogens with zero attached hydrogens (tertiary/aromatic N) is 4. The summed E-state index contributed by atoms with van der Waals surface area (Å²) in [7, 11) is 4.11. The summed E-state index contributed by atoms with van der Waals surface area (Å²) >= 11 is 0. The third-order valence-electron chi connectivity index (χ3n) is 7.41. The summed E-state index contributed by atoms with van der Waals surface area (Å²) in [4.78, 5) is 28.1. The fourth-order valence-electron chi connectivity index (χ4n) is 5.35. The molecule has 3 aromatic rings. The van der Waals surface area contributed by atoms with Gasteiger partial charge in [0.25, 0.3) is 0 Å². The molecule has 0 aliphatic carbocycles. The fraction of sp³-hybridized carbons (Fsp3) is 0.429. The van der Waals surface area contributed by atoms with Crippen LogP contribution in [-0.4, -0.2) is 58.9 Å². The summed E-state index contributed by atoms with van der Waals surface area (Å²) in [6.07, 6.45) is 5.70. The molecule has 2 aromatic carbocycles. The van der Waals surface area contributed by atoms with Gasteiger partial charge < -0.3 is 14.8 Å². The van der Waals surface area contributed by atoms with Crippen molar-refractivity contribution in [3.8, 4) is 0 Å². The first-order valence-electron chi connectivity index (χ1n) is 12.4. The van der Waals surface area contributed by atoms with Gasteiger partial charge in [-0.15, -0.1) is 0 Å². The number of amides is 1. The Balaban J connectivity index is 1.26. The smallest absolute Gasteiger partial charge is 0.240 e. The second-order valence-electron chi connectivity index (χ2n) is 9.97. The fourth-order valence-corrected chi connectivity index (χ4v) is 5.35. The van der Waals surface area contributed by atoms with Crippen LogP contribution in [-0.2, 0) is 30.7 Å². The van der Waals surface area contributed by atoms with Gasteiger partial charge in [0.2, 0.25) is 5.91 Å². The zero-order valence-corrected chi connectivity index (χ0v) is 20.3. The molecule has 6 heteroatoms. The Bertz CT molecular complexity index is 1080. The molecule has 5 rings (SSSR count). The minimum Gasteiger partial charge on any atom is -0.378 e. The molecule has 1 atom stereocenters. The van der Waals surface area contributed by atoms with Gasteiger partial charge in [-0.3, -0.25) is 9.69 Å². The maximum Gasteiger partial charge on any atom is 0.240 e. The standard InChI is InChI=1S/C28H35N5O/c1-31(2)24-10-8-23(9-11-24)18-33-19-26-25(29-20-30-26)17-27(33)28(34)32-14-12-22(13-15-32)16-21-6-4-3-5-7-21/h3-11,20,22,27H,12-19H2,1-2H3,(H,29,30)/t27-/m0/s1. The SMILES string of the molecule is CN(C)c1ccc(CN2Cc3[nH]cnc3C[C@H]2C(=O)N2CCC(Cc3ccccc3)CC2)cc1. The van der Waals surface area contributed by atoms with Crippen LogP contribution in [0.15, 0.2) is 60.9 Å². The summed E-state index contributed by atoms with van der Waals surface area (Å²) in [5, 5.41) is 0. The zero-order chi connectivity index (χ0) is 23.5. The number of aromatic amines is 1. The highest BCUT2D eigenvalue weighted by Crippen LogP contribution is 2.27. The van der Waals surface area contributed by atoms with Gasteiger partial charge in [-0.05, 0) is 48.4 Å². The molecular weight excluding hydrogens is 422 g/mol. The molecule has 0 unspecified atom stereocenters. The minimum absolute atomic E-state index is 0.157. The summed E-state index contributed by atoms with van der Waals surface area (Å²) < 4.78 is 0. The summed E-state index contributed by atoms with van der Waals surface area (Å²) in [5.74, 6) is 0.916. The van der Waals surface area contributed by atoms with Gasteiger partial charge in [0.05, 0.1) is 23.8 Å². The number of carbonyl (C=O) groups is 1. The number of H-pyrrole nitrogens is 1. The lowest BCUT2D eigenvalue weighted by Gasteiger charge is -2.39. The summed E-state index contributed by atoms with van der Waals surface area (Å²) in [5.41, 5.74) is 5.99. The zero-order valence-electron chi connectivity index (χ0n) is 20.3. The average molecular weight is 458 g/mol. The molecule has 6 nitrogen and oxygen atoms in total. The Kier molecular flexibility index (Phi) is 6.68. The molecule has 1 N–H and O–H groups in total. The topological polar surface area (TPSA) is 55.5 Å². The number of hydrogen-bond acceptors (Lipinski definition) is 4. The van der Waals surface area contributed by atoms with Crippen LogP contribution in [0.1, 0.15) is 35.4 Å². The number of nitrogens with one attached hydrogen (secondary N) is 1. The lowest BCUT2D eigenvalue weighted by atomic mass is 9.89. The lowest BCUT2D eigenvalue weighted by Crippen LogP contribution is -2.53. The summed E-state index contributed by atoms with van der Waals surface area (Å²) in [6, 6.07) is 19.2. The third kappa shape index (κ3) is 5.02. The van der Waals surface area contributed by atoms with E-state index in [4.69, 9.17) is 0 Å². The van der Waals surface area contributed by atoms with Crippen molar-refractivity contribution < 1.29 is 4.79 Å². The first-order chi connectivity index (χ1) is 16.6. The van der Waals surface area contributed by atoms with Crippen molar-refractivity contribution in [1.29, 1.82) is 0 Å². The lowest BCUT2D eigenvalue weighted by molar-refractivity contribution is -0.139. The highest BCUT2D eigenvalue weighted by Gasteiger charge is 2.36. The number of carbonyl (C=O) groups excluding carboxylic acids is 1. The predicted molar refractivity (Wildman–Crippen MR) is 136 cm³/mol. The maximum atomic E-state index is 13.7. The Hall–Kier alpha value is -3.12. The van der Waals surface area contributed by atoms with E-state index in [0.717, 1.165) is 56.8 Å². The van der Waals surface area contributed by atoms with Gasteiger partial charge in [0, 0.05) is 52.4 Å². The van der Waals surface area contributed by atoms with Gasteiger partial charge >= 0.3 is 0 Å². The second kappa shape index (κ2) is 10.0. The van der Waals surface area contributed by atoms with Gasteiger partial charge in [0.1, 0.15) is 0 Å². The van der Waals surface area contributed by atoms with Crippen LogP contribution in [0.25, 0.3) is 0 Å². The number of hydrogen-bond donors (Lipinski definition) is 1. The van der Waals surface area contributed by atoms with E-state index in [0.29, 0.717) is 12.3 Å². The highest BCUT2D eigenvalue weighted by atomic mass is 16.2. The largest absolute Gasteiger partial charge is 0.378 e. The third-order valence-corrected chi connectivity index (χ3v) is 7.41. The molecule has 0 saturated carbocycles. The van der Waals surface area contributed by atoms with E-state index >= 15 is 0 Å². The van der Waals surface area contributed by atoms with E-state index in [1.165, 1.54) is 16.8 Å². The van der Waals surface area contributed by atoms with E-state index in [2.05, 4.69) is 93.4 Å². The number of piperidine rings is 1. The van der Waals surface area contributed by atoms with Crippen LogP contribution < -0.4 is 4.90 Å². The van der Waals surface area contributed by atoms with E-state index in [1.54, 1.807) is 6.33 Å². The van der Waals surface area contributed by atoms with Gasteiger partial charge in [0.15, 0.2) is 0 Å². The number of likely N-dealkylation sites (tertiary alicyclic amines) is 1. The quantitative estimate of drug-likeness (QED) is 0.610. The molecule has 178 valence electrons.